The number of hydrogen-bond donors (Lipinski definition) is 1. The minimum atomic E-state index is -0.199. The summed E-state index contributed by atoms with van der Waals surface area (Å²) in [6, 6.07) is 16.7. The van der Waals surface area contributed by atoms with Gasteiger partial charge in [-0.25, -0.2) is 0 Å². The van der Waals surface area contributed by atoms with Gasteiger partial charge in [-0.2, -0.15) is 5.26 Å². The zero-order chi connectivity index (χ0) is 14.4. The third-order valence-electron chi connectivity index (χ3n) is 2.79. The van der Waals surface area contributed by atoms with E-state index < -0.39 is 0 Å². The number of amides is 1. The van der Waals surface area contributed by atoms with Gasteiger partial charge in [-0.1, -0.05) is 29.8 Å². The maximum atomic E-state index is 11.7. The van der Waals surface area contributed by atoms with Gasteiger partial charge in [-0.15, -0.1) is 0 Å². The molecule has 0 atom stereocenters. The van der Waals surface area contributed by atoms with Crippen LogP contribution in [-0.2, 0) is 4.79 Å². The Hall–Kier alpha value is -2.86. The molecule has 0 spiro atoms. The number of carbonyl (C=O) groups is 1. The summed E-state index contributed by atoms with van der Waals surface area (Å²) in [5.41, 5.74) is 3.40. The molecule has 0 saturated heterocycles. The van der Waals surface area contributed by atoms with Crippen LogP contribution in [0.1, 0.15) is 16.7 Å². The first-order chi connectivity index (χ1) is 9.67. The second-order valence-corrected chi connectivity index (χ2v) is 4.42. The van der Waals surface area contributed by atoms with Crippen molar-refractivity contribution in [3.8, 4) is 6.07 Å². The van der Waals surface area contributed by atoms with Crippen LogP contribution in [0.4, 0.5) is 5.69 Å². The summed E-state index contributed by atoms with van der Waals surface area (Å²) < 4.78 is 0. The minimum absolute atomic E-state index is 0.199. The molecule has 0 bridgehead atoms. The first-order valence-corrected chi connectivity index (χ1v) is 6.23. The Labute approximate surface area is 118 Å². The summed E-state index contributed by atoms with van der Waals surface area (Å²) >= 11 is 0. The van der Waals surface area contributed by atoms with Crippen molar-refractivity contribution in [2.45, 2.75) is 6.92 Å². The van der Waals surface area contributed by atoms with Gasteiger partial charge in [0.2, 0.25) is 5.91 Å². The van der Waals surface area contributed by atoms with Gasteiger partial charge >= 0.3 is 0 Å². The third kappa shape index (κ3) is 3.82. The lowest BCUT2D eigenvalue weighted by atomic mass is 10.1. The molecule has 0 heterocycles. The van der Waals surface area contributed by atoms with Crippen molar-refractivity contribution in [2.24, 2.45) is 0 Å². The summed E-state index contributed by atoms with van der Waals surface area (Å²) in [5.74, 6) is -0.199. The van der Waals surface area contributed by atoms with Crippen molar-refractivity contribution in [3.05, 3.63) is 71.3 Å². The molecular formula is C17H14N2O. The number of nitrogens with one attached hydrogen (secondary N) is 1. The highest BCUT2D eigenvalue weighted by Gasteiger charge is 1.98. The number of hydrogen-bond acceptors (Lipinski definition) is 2. The second kappa shape index (κ2) is 6.35. The molecule has 2 rings (SSSR count). The van der Waals surface area contributed by atoms with Gasteiger partial charge < -0.3 is 5.32 Å². The van der Waals surface area contributed by atoms with Gasteiger partial charge in [0.25, 0.3) is 0 Å². The third-order valence-corrected chi connectivity index (χ3v) is 2.79. The van der Waals surface area contributed by atoms with E-state index in [1.54, 1.807) is 30.3 Å². The van der Waals surface area contributed by atoms with E-state index in [0.29, 0.717) is 11.3 Å². The van der Waals surface area contributed by atoms with E-state index in [2.05, 4.69) is 5.32 Å². The maximum absolute atomic E-state index is 11.7. The van der Waals surface area contributed by atoms with Crippen LogP contribution in [0.3, 0.4) is 0 Å². The number of benzene rings is 2. The van der Waals surface area contributed by atoms with Crippen LogP contribution in [0.15, 0.2) is 54.6 Å². The first kappa shape index (κ1) is 13.6. The summed E-state index contributed by atoms with van der Waals surface area (Å²) in [6.07, 6.45) is 3.25. The molecule has 3 nitrogen and oxygen atoms in total. The lowest BCUT2D eigenvalue weighted by Gasteiger charge is -2.01. The van der Waals surface area contributed by atoms with Crippen LogP contribution < -0.4 is 5.32 Å². The van der Waals surface area contributed by atoms with Crippen LogP contribution in [-0.4, -0.2) is 5.91 Å². The highest BCUT2D eigenvalue weighted by molar-refractivity contribution is 6.01. The lowest BCUT2D eigenvalue weighted by molar-refractivity contribution is -0.111. The molecule has 1 amide bonds. The average molecular weight is 262 g/mol. The molecule has 2 aromatic carbocycles. The Morgan fingerprint density at radius 2 is 1.75 bits per heavy atom. The van der Waals surface area contributed by atoms with Crippen LogP contribution in [0, 0.1) is 18.3 Å². The van der Waals surface area contributed by atoms with E-state index in [9.17, 15) is 4.79 Å². The minimum Gasteiger partial charge on any atom is -0.323 e. The van der Waals surface area contributed by atoms with Gasteiger partial charge in [-0.3, -0.25) is 4.79 Å². The quantitative estimate of drug-likeness (QED) is 0.860. The molecule has 1 N–H and O–H groups in total. The van der Waals surface area contributed by atoms with E-state index in [1.165, 1.54) is 11.6 Å². The fraction of sp³-hybridized carbons (Fsp3) is 0.0588. The van der Waals surface area contributed by atoms with E-state index in [-0.39, 0.29) is 5.91 Å². The zero-order valence-electron chi connectivity index (χ0n) is 11.1. The Morgan fingerprint density at radius 1 is 1.10 bits per heavy atom. The monoisotopic (exact) mass is 262 g/mol. The predicted octanol–water partition coefficient (Wildman–Crippen LogP) is 3.52. The van der Waals surface area contributed by atoms with Crippen molar-refractivity contribution in [3.63, 3.8) is 0 Å². The summed E-state index contributed by atoms with van der Waals surface area (Å²) in [6.45, 7) is 2.02. The molecule has 0 aliphatic carbocycles. The molecule has 3 heteroatoms. The van der Waals surface area contributed by atoms with Gasteiger partial charge in [0.1, 0.15) is 0 Å². The van der Waals surface area contributed by atoms with E-state index in [0.717, 1.165) is 5.56 Å². The fourth-order valence-corrected chi connectivity index (χ4v) is 1.66. The second-order valence-electron chi connectivity index (χ2n) is 4.42. The van der Waals surface area contributed by atoms with E-state index in [4.69, 9.17) is 5.26 Å². The summed E-state index contributed by atoms with van der Waals surface area (Å²) in [4.78, 5) is 11.7. The van der Waals surface area contributed by atoms with Gasteiger partial charge in [-0.05, 0) is 42.8 Å². The highest BCUT2D eigenvalue weighted by Crippen LogP contribution is 2.09. The molecule has 0 fully saturated rings. The van der Waals surface area contributed by atoms with Crippen LogP contribution >= 0.6 is 0 Å². The number of anilines is 1. The zero-order valence-corrected chi connectivity index (χ0v) is 11.1. The number of rotatable bonds is 3. The number of nitriles is 1. The smallest absolute Gasteiger partial charge is 0.248 e. The highest BCUT2D eigenvalue weighted by atomic mass is 16.1. The molecule has 0 unspecified atom stereocenters. The molecule has 0 radical (unpaired) electrons. The molecule has 0 aliphatic heterocycles. The van der Waals surface area contributed by atoms with E-state index in [1.807, 2.05) is 37.3 Å². The molecule has 20 heavy (non-hydrogen) atoms. The number of aryl methyl sites for hydroxylation is 1. The normalized spacial score (nSPS) is 10.2. The maximum Gasteiger partial charge on any atom is 0.248 e. The first-order valence-electron chi connectivity index (χ1n) is 6.23. The Kier molecular flexibility index (Phi) is 4.31. The van der Waals surface area contributed by atoms with Gasteiger partial charge in [0.05, 0.1) is 11.6 Å². The summed E-state index contributed by atoms with van der Waals surface area (Å²) in [5, 5.41) is 11.4. The molecule has 2 aromatic rings. The average Bonchev–Trinajstić information content (AvgIpc) is 2.47. The van der Waals surface area contributed by atoms with Crippen LogP contribution in [0.2, 0.25) is 0 Å². The van der Waals surface area contributed by atoms with Crippen molar-refractivity contribution in [2.75, 3.05) is 5.32 Å². The van der Waals surface area contributed by atoms with Crippen LogP contribution in [0.5, 0.6) is 0 Å². The molecule has 0 saturated carbocycles. The predicted molar refractivity (Wildman–Crippen MR) is 80.0 cm³/mol. The SMILES string of the molecule is Cc1ccc(C=CC(=O)Nc2ccc(C#N)cc2)cc1. The standard InChI is InChI=1S/C17H14N2O/c1-13-2-4-14(5-3-13)8-11-17(20)19-16-9-6-15(12-18)7-10-16/h2-11H,1H3,(H,19,20). The summed E-state index contributed by atoms with van der Waals surface area (Å²) in [7, 11) is 0. The largest absolute Gasteiger partial charge is 0.323 e. The van der Waals surface area contributed by atoms with Crippen molar-refractivity contribution >= 4 is 17.7 Å². The van der Waals surface area contributed by atoms with Gasteiger partial charge in [0.15, 0.2) is 0 Å². The molecule has 0 aliphatic rings. The lowest BCUT2D eigenvalue weighted by Crippen LogP contribution is -2.07. The van der Waals surface area contributed by atoms with E-state index >= 15 is 0 Å². The molecule has 0 aromatic heterocycles. The number of nitrogens with zero attached hydrogens (tertiary/aromatic N) is 1. The Balaban J connectivity index is 1.98. The molecule has 98 valence electrons. The van der Waals surface area contributed by atoms with Gasteiger partial charge in [0, 0.05) is 11.8 Å². The molecular weight excluding hydrogens is 248 g/mol. The van der Waals surface area contributed by atoms with Crippen LogP contribution in [0.25, 0.3) is 6.08 Å². The topological polar surface area (TPSA) is 52.9 Å². The van der Waals surface area contributed by atoms with Crippen molar-refractivity contribution in [1.29, 1.82) is 5.26 Å². The van der Waals surface area contributed by atoms with Crippen molar-refractivity contribution < 1.29 is 4.79 Å². The number of carbonyl (C=O) groups excluding carboxylic acids is 1. The van der Waals surface area contributed by atoms with Crippen molar-refractivity contribution in [1.82, 2.24) is 0 Å². The fourth-order valence-electron chi connectivity index (χ4n) is 1.66. The Morgan fingerprint density at radius 3 is 2.35 bits per heavy atom. The Bertz CT molecular complexity index is 662.